The van der Waals surface area contributed by atoms with E-state index < -0.39 is 0 Å². The van der Waals surface area contributed by atoms with E-state index in [0.29, 0.717) is 19.9 Å². The Morgan fingerprint density at radius 3 is 2.72 bits per heavy atom. The number of thiophene rings is 1. The third-order valence-electron chi connectivity index (χ3n) is 3.38. The van der Waals surface area contributed by atoms with Gasteiger partial charge in [0, 0.05) is 28.6 Å². The van der Waals surface area contributed by atoms with Gasteiger partial charge in [0.25, 0.3) is 5.91 Å². The Hall–Kier alpha value is -1.67. The summed E-state index contributed by atoms with van der Waals surface area (Å²) in [5, 5.41) is 5.33. The Labute approximate surface area is 163 Å². The van der Waals surface area contributed by atoms with Crippen molar-refractivity contribution in [2.75, 3.05) is 11.9 Å². The third kappa shape index (κ3) is 4.70. The number of nitrogens with one attached hydrogen (secondary N) is 1. The second kappa shape index (κ2) is 8.14. The number of hydrogen-bond donors (Lipinski definition) is 1. The van der Waals surface area contributed by atoms with Crippen LogP contribution in [0, 0.1) is 0 Å². The fraction of sp³-hybridized carbons (Fsp3) is 0.118. The van der Waals surface area contributed by atoms with Crippen molar-refractivity contribution >= 4 is 74.8 Å². The minimum Gasteiger partial charge on any atom is -0.326 e. The number of amides is 2. The predicted octanol–water partition coefficient (Wildman–Crippen LogP) is 4.63. The highest BCUT2D eigenvalue weighted by molar-refractivity contribution is 8.26. The summed E-state index contributed by atoms with van der Waals surface area (Å²) in [6.45, 7) is 0.256. The van der Waals surface area contributed by atoms with Crippen LogP contribution in [-0.2, 0) is 9.59 Å². The van der Waals surface area contributed by atoms with Crippen LogP contribution in [0.15, 0.2) is 46.7 Å². The molecule has 128 valence electrons. The van der Waals surface area contributed by atoms with Gasteiger partial charge in [0.1, 0.15) is 4.32 Å². The van der Waals surface area contributed by atoms with Crippen molar-refractivity contribution in [3.05, 3.63) is 56.6 Å². The molecule has 8 heteroatoms. The second-order valence-electron chi connectivity index (χ2n) is 5.15. The van der Waals surface area contributed by atoms with Crippen molar-refractivity contribution in [1.82, 2.24) is 4.90 Å². The van der Waals surface area contributed by atoms with Gasteiger partial charge in [-0.05, 0) is 41.8 Å². The lowest BCUT2D eigenvalue weighted by atomic mass is 10.3. The number of nitrogens with zero attached hydrogens (tertiary/aromatic N) is 1. The number of carbonyl (C=O) groups is 2. The van der Waals surface area contributed by atoms with E-state index in [0.717, 1.165) is 4.88 Å². The van der Waals surface area contributed by atoms with E-state index in [2.05, 4.69) is 5.32 Å². The molecular weight excluding hydrogens is 396 g/mol. The minimum absolute atomic E-state index is 0.150. The molecule has 2 heterocycles. The lowest BCUT2D eigenvalue weighted by Crippen LogP contribution is -2.31. The van der Waals surface area contributed by atoms with Crippen LogP contribution in [0.3, 0.4) is 0 Å². The molecule has 0 radical (unpaired) electrons. The van der Waals surface area contributed by atoms with Crippen LogP contribution >= 0.6 is 46.9 Å². The molecule has 0 atom stereocenters. The molecule has 1 aliphatic heterocycles. The Morgan fingerprint density at radius 2 is 2.04 bits per heavy atom. The molecule has 4 nitrogen and oxygen atoms in total. The van der Waals surface area contributed by atoms with E-state index >= 15 is 0 Å². The van der Waals surface area contributed by atoms with Crippen LogP contribution in [-0.4, -0.2) is 27.6 Å². The number of carbonyl (C=O) groups excluding carboxylic acids is 2. The zero-order valence-electron chi connectivity index (χ0n) is 12.9. The predicted molar refractivity (Wildman–Crippen MR) is 109 cm³/mol. The molecule has 25 heavy (non-hydrogen) atoms. The van der Waals surface area contributed by atoms with Gasteiger partial charge in [0.05, 0.1) is 4.91 Å². The molecule has 0 spiro atoms. The van der Waals surface area contributed by atoms with Gasteiger partial charge in [-0.25, -0.2) is 0 Å². The molecular formula is C17H13ClN2O2S3. The Kier molecular flexibility index (Phi) is 5.90. The first-order chi connectivity index (χ1) is 12.0. The van der Waals surface area contributed by atoms with Gasteiger partial charge in [-0.3, -0.25) is 14.5 Å². The van der Waals surface area contributed by atoms with Crippen molar-refractivity contribution in [3.63, 3.8) is 0 Å². The number of halogens is 1. The van der Waals surface area contributed by atoms with Crippen molar-refractivity contribution in [1.29, 1.82) is 0 Å². The lowest BCUT2D eigenvalue weighted by Gasteiger charge is -2.14. The highest BCUT2D eigenvalue weighted by Crippen LogP contribution is 2.33. The standard InChI is InChI=1S/C17H13ClN2O2S3/c18-11-3-5-12(6-4-11)19-15(21)7-8-20-16(22)14(25-17(20)23)10-13-2-1-9-24-13/h1-6,9-10H,7-8H2,(H,19,21). The first-order valence-electron chi connectivity index (χ1n) is 7.37. The van der Waals surface area contributed by atoms with Gasteiger partial charge in [-0.2, -0.15) is 0 Å². The Bertz CT molecular complexity index is 832. The molecule has 0 saturated carbocycles. The van der Waals surface area contributed by atoms with Crippen LogP contribution in [0.1, 0.15) is 11.3 Å². The summed E-state index contributed by atoms with van der Waals surface area (Å²) in [5.41, 5.74) is 0.664. The molecule has 1 saturated heterocycles. The quantitative estimate of drug-likeness (QED) is 0.578. The number of thiocarbonyl (C=S) groups is 1. The van der Waals surface area contributed by atoms with E-state index in [-0.39, 0.29) is 24.8 Å². The van der Waals surface area contributed by atoms with Gasteiger partial charge in [0.2, 0.25) is 5.91 Å². The topological polar surface area (TPSA) is 49.4 Å². The maximum Gasteiger partial charge on any atom is 0.266 e. The minimum atomic E-state index is -0.182. The van der Waals surface area contributed by atoms with Crippen molar-refractivity contribution in [2.45, 2.75) is 6.42 Å². The summed E-state index contributed by atoms with van der Waals surface area (Å²) < 4.78 is 0.479. The fourth-order valence-corrected chi connectivity index (χ4v) is 4.32. The van der Waals surface area contributed by atoms with Gasteiger partial charge in [0.15, 0.2) is 0 Å². The zero-order chi connectivity index (χ0) is 17.8. The van der Waals surface area contributed by atoms with E-state index in [9.17, 15) is 9.59 Å². The first-order valence-corrected chi connectivity index (χ1v) is 9.85. The third-order valence-corrected chi connectivity index (χ3v) is 5.83. The molecule has 3 rings (SSSR count). The molecule has 0 bridgehead atoms. The largest absolute Gasteiger partial charge is 0.326 e. The maximum absolute atomic E-state index is 12.5. The van der Waals surface area contributed by atoms with Crippen LogP contribution in [0.25, 0.3) is 6.08 Å². The average molecular weight is 409 g/mol. The molecule has 1 aromatic carbocycles. The number of rotatable bonds is 5. The van der Waals surface area contributed by atoms with Crippen LogP contribution < -0.4 is 5.32 Å². The normalized spacial score (nSPS) is 15.9. The van der Waals surface area contributed by atoms with E-state index in [4.69, 9.17) is 23.8 Å². The molecule has 1 aromatic heterocycles. The monoisotopic (exact) mass is 408 g/mol. The maximum atomic E-state index is 12.5. The summed E-state index contributed by atoms with van der Waals surface area (Å²) >= 11 is 13.9. The fourth-order valence-electron chi connectivity index (χ4n) is 2.17. The lowest BCUT2D eigenvalue weighted by molar-refractivity contribution is -0.122. The van der Waals surface area contributed by atoms with Crippen LogP contribution in [0.5, 0.6) is 0 Å². The smallest absolute Gasteiger partial charge is 0.266 e. The summed E-state index contributed by atoms with van der Waals surface area (Å²) in [7, 11) is 0. The number of thioether (sulfide) groups is 1. The number of anilines is 1. The molecule has 0 aliphatic carbocycles. The van der Waals surface area contributed by atoms with Crippen molar-refractivity contribution < 1.29 is 9.59 Å². The molecule has 2 aromatic rings. The Morgan fingerprint density at radius 1 is 1.28 bits per heavy atom. The number of benzene rings is 1. The molecule has 2 amide bonds. The van der Waals surface area contributed by atoms with E-state index in [1.54, 1.807) is 35.6 Å². The molecule has 1 aliphatic rings. The molecule has 1 N–H and O–H groups in total. The first kappa shape index (κ1) is 18.1. The van der Waals surface area contributed by atoms with Gasteiger partial charge < -0.3 is 5.32 Å². The van der Waals surface area contributed by atoms with Crippen molar-refractivity contribution in [2.24, 2.45) is 0 Å². The van der Waals surface area contributed by atoms with Gasteiger partial charge >= 0.3 is 0 Å². The zero-order valence-corrected chi connectivity index (χ0v) is 16.1. The van der Waals surface area contributed by atoms with Crippen LogP contribution in [0.4, 0.5) is 5.69 Å². The van der Waals surface area contributed by atoms with E-state index in [1.807, 2.05) is 23.6 Å². The van der Waals surface area contributed by atoms with Crippen LogP contribution in [0.2, 0.25) is 5.02 Å². The highest BCUT2D eigenvalue weighted by atomic mass is 35.5. The van der Waals surface area contributed by atoms with Gasteiger partial charge in [-0.15, -0.1) is 11.3 Å². The highest BCUT2D eigenvalue weighted by Gasteiger charge is 2.32. The second-order valence-corrected chi connectivity index (χ2v) is 8.25. The summed E-state index contributed by atoms with van der Waals surface area (Å²) in [6, 6.07) is 10.7. The number of hydrogen-bond acceptors (Lipinski definition) is 5. The molecule has 1 fully saturated rings. The Balaban J connectivity index is 1.57. The molecule has 0 unspecified atom stereocenters. The summed E-state index contributed by atoms with van der Waals surface area (Å²) in [5.74, 6) is -0.332. The average Bonchev–Trinajstić information content (AvgIpc) is 3.18. The summed E-state index contributed by atoms with van der Waals surface area (Å²) in [4.78, 5) is 27.6. The van der Waals surface area contributed by atoms with Crippen molar-refractivity contribution in [3.8, 4) is 0 Å². The van der Waals surface area contributed by atoms with E-state index in [1.165, 1.54) is 16.7 Å². The summed E-state index contributed by atoms with van der Waals surface area (Å²) in [6.07, 6.45) is 2.00. The van der Waals surface area contributed by atoms with Gasteiger partial charge in [-0.1, -0.05) is 41.6 Å². The SMILES string of the molecule is O=C(CCN1C(=O)C(=Cc2cccs2)SC1=S)Nc1ccc(Cl)cc1.